The average Bonchev–Trinajstić information content (AvgIpc) is 3.57. The van der Waals surface area contributed by atoms with Gasteiger partial charge in [-0.25, -0.2) is 0 Å². The molecule has 2 aliphatic heterocycles. The number of rotatable bonds is 12. The highest BCUT2D eigenvalue weighted by Crippen LogP contribution is 2.61. The molecule has 1 amide bonds. The van der Waals surface area contributed by atoms with Crippen LogP contribution in [0.5, 0.6) is 0 Å². The molecular weight excluding hydrogens is 544 g/mol. The van der Waals surface area contributed by atoms with Crippen LogP contribution in [0.3, 0.4) is 0 Å². The number of para-hydroxylation sites is 2. The monoisotopic (exact) mass is 578 g/mol. The molecule has 210 valence electrons. The highest BCUT2D eigenvalue weighted by molar-refractivity contribution is 8.01. The molecule has 5 rings (SSSR count). The van der Waals surface area contributed by atoms with Gasteiger partial charge in [0.2, 0.25) is 0 Å². The van der Waals surface area contributed by atoms with E-state index in [9.17, 15) is 19.2 Å². The van der Waals surface area contributed by atoms with E-state index in [-0.39, 0.29) is 23.6 Å². The predicted octanol–water partition coefficient (Wildman–Crippen LogP) is 4.30. The smallest absolute Gasteiger partial charge is 0.252 e. The summed E-state index contributed by atoms with van der Waals surface area (Å²) < 4.78 is 0. The minimum Gasteiger partial charge on any atom is -0.368 e. The van der Waals surface area contributed by atoms with Crippen LogP contribution in [0.1, 0.15) is 44.2 Å². The van der Waals surface area contributed by atoms with E-state index in [0.29, 0.717) is 30.8 Å². The van der Waals surface area contributed by atoms with Gasteiger partial charge in [-0.15, -0.1) is 23.5 Å². The van der Waals surface area contributed by atoms with Crippen LogP contribution < -0.4 is 10.6 Å². The van der Waals surface area contributed by atoms with Gasteiger partial charge in [-0.05, 0) is 44.2 Å². The molecular formula is C30H34N4O4S2. The van der Waals surface area contributed by atoms with Crippen LogP contribution in [0.15, 0.2) is 54.7 Å². The molecule has 1 saturated heterocycles. The second-order valence-corrected chi connectivity index (χ2v) is 13.2. The number of Topliss-reactive ketones (excluding diaryl/α,β-unsaturated/α-hetero) is 2. The normalized spacial score (nSPS) is 24.2. The molecule has 0 spiro atoms. The minimum atomic E-state index is -1.07. The van der Waals surface area contributed by atoms with Crippen LogP contribution in [0.25, 0.3) is 10.9 Å². The molecule has 2 aliphatic rings. The zero-order chi connectivity index (χ0) is 28.5. The van der Waals surface area contributed by atoms with Gasteiger partial charge < -0.3 is 20.4 Å². The van der Waals surface area contributed by atoms with E-state index in [4.69, 9.17) is 0 Å². The first-order valence-corrected chi connectivity index (χ1v) is 15.4. The molecule has 0 radical (unpaired) electrons. The average molecular weight is 579 g/mol. The Morgan fingerprint density at radius 1 is 1.05 bits per heavy atom. The molecule has 0 bridgehead atoms. The Balaban J connectivity index is 1.59. The van der Waals surface area contributed by atoms with E-state index in [1.165, 1.54) is 30.4 Å². The van der Waals surface area contributed by atoms with Crippen molar-refractivity contribution >= 4 is 63.9 Å². The number of anilines is 1. The number of thioether (sulfide) groups is 2. The van der Waals surface area contributed by atoms with Crippen LogP contribution in [0.2, 0.25) is 0 Å². The molecule has 3 heterocycles. The molecule has 40 heavy (non-hydrogen) atoms. The van der Waals surface area contributed by atoms with Crippen LogP contribution >= 0.6 is 23.5 Å². The maximum absolute atomic E-state index is 14.3. The van der Waals surface area contributed by atoms with Gasteiger partial charge in [0, 0.05) is 53.6 Å². The van der Waals surface area contributed by atoms with E-state index >= 15 is 0 Å². The number of carbonyl (C=O) groups is 4. The van der Waals surface area contributed by atoms with Crippen molar-refractivity contribution in [3.05, 3.63) is 65.9 Å². The summed E-state index contributed by atoms with van der Waals surface area (Å²) in [4.78, 5) is 54.1. The maximum Gasteiger partial charge on any atom is 0.252 e. The van der Waals surface area contributed by atoms with Gasteiger partial charge in [-0.2, -0.15) is 0 Å². The highest BCUT2D eigenvalue weighted by Gasteiger charge is 2.66. The van der Waals surface area contributed by atoms with Gasteiger partial charge in [0.25, 0.3) is 5.91 Å². The third-order valence-corrected chi connectivity index (χ3v) is 10.5. The number of fused-ring (bicyclic) bond motifs is 4. The van der Waals surface area contributed by atoms with E-state index in [2.05, 4.69) is 44.9 Å². The number of carbonyl (C=O) groups excluding carboxylic acids is 4. The van der Waals surface area contributed by atoms with Crippen molar-refractivity contribution in [3.8, 4) is 0 Å². The van der Waals surface area contributed by atoms with E-state index in [1.54, 1.807) is 6.92 Å². The van der Waals surface area contributed by atoms with Crippen molar-refractivity contribution < 1.29 is 19.2 Å². The molecule has 4 atom stereocenters. The molecule has 1 fully saturated rings. The summed E-state index contributed by atoms with van der Waals surface area (Å²) in [5, 5.41) is 6.98. The summed E-state index contributed by atoms with van der Waals surface area (Å²) in [7, 11) is 1.94. The Bertz CT molecular complexity index is 1460. The standard InChI is InChI=1S/C30H34N4O4S2/c1-19(36)12-14-39-26(17-35)33-28(38)30(40-15-13-20(2)37)18-29(23-16-31-24-10-6-4-8-21(23)24)22-9-5-7-11-25(22)32-27(29)34(30)3/h4-11,16-17,26-27,31-32H,12-15,18H2,1-3H3,(H,33,38)/t26?,27-,29-,30?/m1/s1. The Morgan fingerprint density at radius 3 is 2.50 bits per heavy atom. The van der Waals surface area contributed by atoms with Crippen LogP contribution in [0.4, 0.5) is 5.69 Å². The Hall–Kier alpha value is -3.08. The summed E-state index contributed by atoms with van der Waals surface area (Å²) in [5.74, 6) is 0.729. The van der Waals surface area contributed by atoms with Gasteiger partial charge in [0.05, 0.1) is 11.6 Å². The Labute approximate surface area is 242 Å². The van der Waals surface area contributed by atoms with Gasteiger partial charge in [0.15, 0.2) is 6.29 Å². The number of nitrogens with zero attached hydrogens (tertiary/aromatic N) is 1. The number of amides is 1. The van der Waals surface area contributed by atoms with Gasteiger partial charge in [-0.1, -0.05) is 36.4 Å². The largest absolute Gasteiger partial charge is 0.368 e. The maximum atomic E-state index is 14.3. The second kappa shape index (κ2) is 11.4. The van der Waals surface area contributed by atoms with Crippen molar-refractivity contribution in [2.24, 2.45) is 0 Å². The van der Waals surface area contributed by atoms with Crippen molar-refractivity contribution in [1.82, 2.24) is 15.2 Å². The van der Waals surface area contributed by atoms with Crippen molar-refractivity contribution in [3.63, 3.8) is 0 Å². The van der Waals surface area contributed by atoms with Crippen LogP contribution in [-0.4, -0.2) is 68.6 Å². The number of hydrogen-bond donors (Lipinski definition) is 3. The SMILES string of the molecule is CC(=O)CCSC(C=O)NC(=O)C1(SCCC(C)=O)C[C@]2(c3c[nH]c4ccccc34)c3ccccc3N[C@@H]2N1C. The zero-order valence-electron chi connectivity index (χ0n) is 22.9. The lowest BCUT2D eigenvalue weighted by molar-refractivity contribution is -0.128. The summed E-state index contributed by atoms with van der Waals surface area (Å²) in [6, 6.07) is 16.4. The Kier molecular flexibility index (Phi) is 8.13. The number of nitrogens with one attached hydrogen (secondary N) is 3. The molecule has 0 aliphatic carbocycles. The Morgan fingerprint density at radius 2 is 1.75 bits per heavy atom. The first-order chi connectivity index (χ1) is 19.2. The molecule has 10 heteroatoms. The second-order valence-electron chi connectivity index (χ2n) is 10.5. The molecule has 3 aromatic rings. The zero-order valence-corrected chi connectivity index (χ0v) is 24.5. The molecule has 3 N–H and O–H groups in total. The van der Waals surface area contributed by atoms with E-state index in [1.807, 2.05) is 37.4 Å². The van der Waals surface area contributed by atoms with E-state index < -0.39 is 15.7 Å². The molecule has 2 unspecified atom stereocenters. The fourth-order valence-electron chi connectivity index (χ4n) is 6.08. The number of hydrogen-bond acceptors (Lipinski definition) is 8. The first kappa shape index (κ1) is 28.4. The number of H-pyrrole nitrogens is 1. The molecule has 0 saturated carbocycles. The lowest BCUT2D eigenvalue weighted by atomic mass is 9.72. The predicted molar refractivity (Wildman–Crippen MR) is 162 cm³/mol. The number of likely N-dealkylation sites (N-methyl/N-ethyl adjacent to an activating group) is 1. The third-order valence-electron chi connectivity index (χ3n) is 8.01. The number of benzene rings is 2. The van der Waals surface area contributed by atoms with Crippen LogP contribution in [0, 0.1) is 0 Å². The van der Waals surface area contributed by atoms with Crippen molar-refractivity contribution in [2.75, 3.05) is 23.9 Å². The number of aromatic nitrogens is 1. The fraction of sp³-hybridized carbons (Fsp3) is 0.400. The van der Waals surface area contributed by atoms with Crippen molar-refractivity contribution in [1.29, 1.82) is 0 Å². The fourth-order valence-corrected chi connectivity index (χ4v) is 8.57. The number of aldehydes is 1. The van der Waals surface area contributed by atoms with Crippen LogP contribution in [-0.2, 0) is 24.6 Å². The summed E-state index contributed by atoms with van der Waals surface area (Å²) >= 11 is 2.70. The summed E-state index contributed by atoms with van der Waals surface area (Å²) in [5.41, 5.74) is 3.68. The summed E-state index contributed by atoms with van der Waals surface area (Å²) in [6.07, 6.45) is 3.62. The lowest BCUT2D eigenvalue weighted by Crippen LogP contribution is -2.56. The quantitative estimate of drug-likeness (QED) is 0.216. The lowest BCUT2D eigenvalue weighted by Gasteiger charge is -2.37. The highest BCUT2D eigenvalue weighted by atomic mass is 32.2. The molecule has 1 aromatic heterocycles. The number of ketones is 2. The van der Waals surface area contributed by atoms with Gasteiger partial charge >= 0.3 is 0 Å². The van der Waals surface area contributed by atoms with Gasteiger partial charge in [0.1, 0.15) is 21.8 Å². The topological polar surface area (TPSA) is 111 Å². The molecule has 2 aromatic carbocycles. The third kappa shape index (κ3) is 4.86. The molecule has 8 nitrogen and oxygen atoms in total. The number of likely N-dealkylation sites (tertiary alicyclic amines) is 1. The van der Waals surface area contributed by atoms with E-state index in [0.717, 1.165) is 34.0 Å². The minimum absolute atomic E-state index is 0.0356. The summed E-state index contributed by atoms with van der Waals surface area (Å²) in [6.45, 7) is 3.07. The van der Waals surface area contributed by atoms with Gasteiger partial charge in [-0.3, -0.25) is 19.3 Å². The van der Waals surface area contributed by atoms with Crippen molar-refractivity contribution in [2.45, 2.75) is 54.9 Å². The number of aromatic amines is 1. The first-order valence-electron chi connectivity index (χ1n) is 13.4.